The highest BCUT2D eigenvalue weighted by Crippen LogP contribution is 2.28. The second-order valence-corrected chi connectivity index (χ2v) is 7.03. The first-order valence-electron chi connectivity index (χ1n) is 9.47. The Kier molecular flexibility index (Phi) is 6.62. The molecule has 1 aromatic heterocycles. The summed E-state index contributed by atoms with van der Waals surface area (Å²) in [6.45, 7) is 4.64. The number of rotatable bonds is 8. The molecular weight excluding hydrogens is 366 g/mol. The first-order chi connectivity index (χ1) is 14.0. The maximum atomic E-state index is 11.1. The van der Waals surface area contributed by atoms with E-state index < -0.39 is 12.1 Å². The van der Waals surface area contributed by atoms with Crippen molar-refractivity contribution in [3.8, 4) is 17.0 Å². The highest BCUT2D eigenvalue weighted by Gasteiger charge is 2.17. The van der Waals surface area contributed by atoms with Gasteiger partial charge >= 0.3 is 5.97 Å². The summed E-state index contributed by atoms with van der Waals surface area (Å²) in [6, 6.07) is 18.2. The molecule has 0 amide bonds. The zero-order valence-corrected chi connectivity index (χ0v) is 16.9. The Balaban J connectivity index is 1.67. The van der Waals surface area contributed by atoms with E-state index in [1.54, 1.807) is 12.3 Å². The van der Waals surface area contributed by atoms with Crippen LogP contribution >= 0.6 is 0 Å². The Morgan fingerprint density at radius 3 is 2.38 bits per heavy atom. The van der Waals surface area contributed by atoms with Crippen LogP contribution in [0.3, 0.4) is 0 Å². The number of carbonyl (C=O) groups is 1. The van der Waals surface area contributed by atoms with E-state index in [1.165, 1.54) is 29.4 Å². The summed E-state index contributed by atoms with van der Waals surface area (Å²) >= 11 is 0. The second-order valence-electron chi connectivity index (χ2n) is 7.03. The molecule has 0 aliphatic carbocycles. The third-order valence-corrected chi connectivity index (χ3v) is 4.86. The topological polar surface area (TPSA) is 68.7 Å². The average molecular weight is 391 g/mol. The molecular formula is C24H25NO4. The van der Waals surface area contributed by atoms with E-state index in [0.717, 1.165) is 11.1 Å². The fraction of sp³-hybridized carbons (Fsp3) is 0.250. The van der Waals surface area contributed by atoms with Crippen LogP contribution in [-0.2, 0) is 22.6 Å². The highest BCUT2D eigenvalue weighted by atomic mass is 16.5. The van der Waals surface area contributed by atoms with Crippen molar-refractivity contribution in [2.75, 3.05) is 7.11 Å². The number of aromatic nitrogens is 1. The molecule has 3 aromatic rings. The van der Waals surface area contributed by atoms with Crippen LogP contribution in [0, 0.1) is 13.8 Å². The quantitative estimate of drug-likeness (QED) is 0.608. The van der Waals surface area contributed by atoms with Crippen LogP contribution in [0.4, 0.5) is 0 Å². The Labute approximate surface area is 171 Å². The molecule has 1 heterocycles. The van der Waals surface area contributed by atoms with Gasteiger partial charge in [0.1, 0.15) is 6.61 Å². The van der Waals surface area contributed by atoms with Crippen LogP contribution in [0.5, 0.6) is 5.88 Å². The van der Waals surface area contributed by atoms with Crippen molar-refractivity contribution in [2.24, 2.45) is 0 Å². The minimum atomic E-state index is -0.989. The van der Waals surface area contributed by atoms with Gasteiger partial charge in [0.2, 0.25) is 5.88 Å². The summed E-state index contributed by atoms with van der Waals surface area (Å²) in [5.74, 6) is -0.493. The van der Waals surface area contributed by atoms with Gasteiger partial charge in [-0.15, -0.1) is 0 Å². The van der Waals surface area contributed by atoms with E-state index in [0.29, 0.717) is 12.5 Å². The van der Waals surface area contributed by atoms with Gasteiger partial charge in [0.05, 0.1) is 0 Å². The predicted molar refractivity (Wildman–Crippen MR) is 112 cm³/mol. The molecule has 29 heavy (non-hydrogen) atoms. The fourth-order valence-corrected chi connectivity index (χ4v) is 3.35. The Morgan fingerprint density at radius 1 is 1.03 bits per heavy atom. The van der Waals surface area contributed by atoms with Crippen molar-refractivity contribution in [3.63, 3.8) is 0 Å². The maximum absolute atomic E-state index is 11.1. The summed E-state index contributed by atoms with van der Waals surface area (Å²) in [5, 5.41) is 9.07. The van der Waals surface area contributed by atoms with Gasteiger partial charge in [-0.25, -0.2) is 9.78 Å². The monoisotopic (exact) mass is 391 g/mol. The van der Waals surface area contributed by atoms with Gasteiger partial charge in [0, 0.05) is 25.8 Å². The number of carboxylic acid groups (broad SMARTS) is 1. The van der Waals surface area contributed by atoms with Crippen LogP contribution in [-0.4, -0.2) is 29.3 Å². The number of nitrogens with zero attached hydrogens (tertiary/aromatic N) is 1. The number of benzene rings is 2. The molecule has 5 heteroatoms. The molecule has 5 nitrogen and oxygen atoms in total. The molecule has 0 bridgehead atoms. The Hall–Kier alpha value is -3.18. The summed E-state index contributed by atoms with van der Waals surface area (Å²) in [4.78, 5) is 15.3. The number of hydrogen-bond acceptors (Lipinski definition) is 4. The number of aryl methyl sites for hydroxylation is 2. The molecule has 2 aromatic carbocycles. The zero-order chi connectivity index (χ0) is 20.8. The van der Waals surface area contributed by atoms with Crippen LogP contribution in [0.1, 0.15) is 22.3 Å². The van der Waals surface area contributed by atoms with E-state index in [2.05, 4.69) is 49.2 Å². The van der Waals surface area contributed by atoms with Crippen molar-refractivity contribution in [3.05, 3.63) is 83.0 Å². The predicted octanol–water partition coefficient (Wildman–Crippen LogP) is 4.59. The molecule has 0 aliphatic rings. The van der Waals surface area contributed by atoms with Crippen LogP contribution in [0.2, 0.25) is 0 Å². The van der Waals surface area contributed by atoms with Crippen LogP contribution in [0.25, 0.3) is 11.1 Å². The zero-order valence-electron chi connectivity index (χ0n) is 16.9. The Bertz CT molecular complexity index is 962. The van der Waals surface area contributed by atoms with Gasteiger partial charge in [-0.2, -0.15) is 0 Å². The normalized spacial score (nSPS) is 11.8. The first-order valence-corrected chi connectivity index (χ1v) is 9.47. The first kappa shape index (κ1) is 20.6. The minimum Gasteiger partial charge on any atom is -0.479 e. The van der Waals surface area contributed by atoms with E-state index in [1.807, 2.05) is 18.2 Å². The number of carboxylic acids is 1. The van der Waals surface area contributed by atoms with Crippen molar-refractivity contribution < 1.29 is 19.4 Å². The number of ether oxygens (including phenoxy) is 2. The average Bonchev–Trinajstić information content (AvgIpc) is 2.71. The van der Waals surface area contributed by atoms with Gasteiger partial charge in [-0.1, -0.05) is 42.5 Å². The molecule has 1 atom stereocenters. The maximum Gasteiger partial charge on any atom is 0.333 e. The lowest BCUT2D eigenvalue weighted by Crippen LogP contribution is -2.24. The molecule has 0 saturated carbocycles. The highest BCUT2D eigenvalue weighted by molar-refractivity contribution is 5.72. The van der Waals surface area contributed by atoms with Gasteiger partial charge in [0.25, 0.3) is 0 Å². The lowest BCUT2D eigenvalue weighted by atomic mass is 9.95. The largest absolute Gasteiger partial charge is 0.479 e. The molecule has 3 rings (SSSR count). The summed E-state index contributed by atoms with van der Waals surface area (Å²) < 4.78 is 10.8. The number of hydrogen-bond donors (Lipinski definition) is 1. The molecule has 1 N–H and O–H groups in total. The molecule has 0 fully saturated rings. The standard InChI is InChI=1S/C24H25NO4/c1-16-6-4-7-17(2)23(16)20-9-5-8-19(12-20)15-29-22-11-10-18(14-25-22)13-21(28-3)24(26)27/h4-12,14,21H,13,15H2,1-3H3,(H,26,27). The molecule has 1 unspecified atom stereocenters. The Morgan fingerprint density at radius 2 is 1.76 bits per heavy atom. The summed E-state index contributed by atoms with van der Waals surface area (Å²) in [6.07, 6.45) is 1.00. The van der Waals surface area contributed by atoms with Crippen molar-refractivity contribution >= 4 is 5.97 Å². The SMILES string of the molecule is COC(Cc1ccc(OCc2cccc(-c3c(C)cccc3C)c2)nc1)C(=O)O. The molecule has 150 valence electrons. The summed E-state index contributed by atoms with van der Waals surface area (Å²) in [5.41, 5.74) is 6.75. The molecule has 0 radical (unpaired) electrons. The third kappa shape index (κ3) is 5.21. The fourth-order valence-electron chi connectivity index (χ4n) is 3.35. The summed E-state index contributed by atoms with van der Waals surface area (Å²) in [7, 11) is 1.39. The second kappa shape index (κ2) is 9.34. The van der Waals surface area contributed by atoms with Crippen molar-refractivity contribution in [1.82, 2.24) is 4.98 Å². The van der Waals surface area contributed by atoms with Crippen LogP contribution < -0.4 is 4.74 Å². The minimum absolute atomic E-state index is 0.261. The van der Waals surface area contributed by atoms with Gasteiger partial charge in [-0.3, -0.25) is 0 Å². The number of pyridine rings is 1. The number of aliphatic carboxylic acids is 1. The van der Waals surface area contributed by atoms with Crippen molar-refractivity contribution in [1.29, 1.82) is 0 Å². The van der Waals surface area contributed by atoms with E-state index in [9.17, 15) is 4.79 Å². The molecule has 0 spiro atoms. The van der Waals surface area contributed by atoms with E-state index in [-0.39, 0.29) is 6.42 Å². The lowest BCUT2D eigenvalue weighted by molar-refractivity contribution is -0.148. The molecule has 0 saturated heterocycles. The van der Waals surface area contributed by atoms with E-state index >= 15 is 0 Å². The number of methoxy groups -OCH3 is 1. The van der Waals surface area contributed by atoms with Gasteiger partial charge in [0.15, 0.2) is 6.10 Å². The van der Waals surface area contributed by atoms with Crippen LogP contribution in [0.15, 0.2) is 60.8 Å². The van der Waals surface area contributed by atoms with Gasteiger partial charge in [-0.05, 0) is 53.3 Å². The van der Waals surface area contributed by atoms with Crippen molar-refractivity contribution in [2.45, 2.75) is 33.0 Å². The van der Waals surface area contributed by atoms with E-state index in [4.69, 9.17) is 14.6 Å². The molecule has 0 aliphatic heterocycles. The lowest BCUT2D eigenvalue weighted by Gasteiger charge is -2.12. The third-order valence-electron chi connectivity index (χ3n) is 4.86. The van der Waals surface area contributed by atoms with Gasteiger partial charge < -0.3 is 14.6 Å². The smallest absolute Gasteiger partial charge is 0.333 e.